The monoisotopic (exact) mass is 556 g/mol. The maximum absolute atomic E-state index is 3.77. The SMILES string of the molecule is Brc1cccc[c]1[Sn]([I])([c]1ccccc1)[c]1ccccc1. The van der Waals surface area contributed by atoms with Crippen molar-refractivity contribution in [2.24, 2.45) is 0 Å². The fraction of sp³-hybridized carbons (Fsp3) is 0. The molecule has 0 amide bonds. The Morgan fingerprint density at radius 3 is 1.52 bits per heavy atom. The second kappa shape index (κ2) is 6.84. The Balaban J connectivity index is 2.29. The van der Waals surface area contributed by atoms with E-state index in [1.54, 1.807) is 0 Å². The van der Waals surface area contributed by atoms with Crippen LogP contribution < -0.4 is 10.7 Å². The zero-order valence-electron chi connectivity index (χ0n) is 11.3. The van der Waals surface area contributed by atoms with Gasteiger partial charge in [-0.2, -0.15) is 0 Å². The maximum atomic E-state index is 3.77. The molecule has 0 aromatic heterocycles. The number of benzene rings is 3. The van der Waals surface area contributed by atoms with E-state index in [0.29, 0.717) is 0 Å². The van der Waals surface area contributed by atoms with E-state index in [1.165, 1.54) is 15.2 Å². The van der Waals surface area contributed by atoms with Gasteiger partial charge < -0.3 is 0 Å². The van der Waals surface area contributed by atoms with E-state index in [9.17, 15) is 0 Å². The van der Waals surface area contributed by atoms with Crippen molar-refractivity contribution in [3.8, 4) is 0 Å². The summed E-state index contributed by atoms with van der Waals surface area (Å²) in [4.78, 5) is 0. The zero-order valence-corrected chi connectivity index (χ0v) is 17.9. The van der Waals surface area contributed by atoms with Gasteiger partial charge in [-0.15, -0.1) is 0 Å². The van der Waals surface area contributed by atoms with Crippen LogP contribution in [-0.2, 0) is 0 Å². The third kappa shape index (κ3) is 3.08. The molecule has 3 aromatic rings. The van der Waals surface area contributed by atoms with E-state index in [-0.39, 0.29) is 0 Å². The van der Waals surface area contributed by atoms with Gasteiger partial charge in [-0.05, 0) is 0 Å². The van der Waals surface area contributed by atoms with Crippen LogP contribution >= 0.6 is 34.6 Å². The summed E-state index contributed by atoms with van der Waals surface area (Å²) in [6.45, 7) is 0. The summed E-state index contributed by atoms with van der Waals surface area (Å²) in [5.74, 6) is 0. The van der Waals surface area contributed by atoms with Gasteiger partial charge in [0.05, 0.1) is 0 Å². The Bertz CT molecular complexity index is 689. The third-order valence-corrected chi connectivity index (χ3v) is 27.4. The second-order valence-corrected chi connectivity index (χ2v) is 25.2. The zero-order chi connectivity index (χ0) is 14.7. The van der Waals surface area contributed by atoms with Crippen LogP contribution in [0.3, 0.4) is 0 Å². The molecule has 0 spiro atoms. The first kappa shape index (κ1) is 15.6. The van der Waals surface area contributed by atoms with Crippen molar-refractivity contribution >= 4 is 59.7 Å². The van der Waals surface area contributed by atoms with Gasteiger partial charge in [-0.25, -0.2) is 0 Å². The Morgan fingerprint density at radius 2 is 1.05 bits per heavy atom. The predicted molar refractivity (Wildman–Crippen MR) is 106 cm³/mol. The molecule has 0 radical (unpaired) electrons. The first-order chi connectivity index (χ1) is 10.2. The average molecular weight is 556 g/mol. The quantitative estimate of drug-likeness (QED) is 0.340. The van der Waals surface area contributed by atoms with E-state index in [2.05, 4.69) is 119 Å². The molecule has 0 aliphatic rings. The van der Waals surface area contributed by atoms with Gasteiger partial charge >= 0.3 is 149 Å². The van der Waals surface area contributed by atoms with Crippen LogP contribution in [0.25, 0.3) is 0 Å². The molecule has 0 fully saturated rings. The number of hydrogen-bond donors (Lipinski definition) is 0. The predicted octanol–water partition coefficient (Wildman–Crippen LogP) is 3.85. The molecule has 0 unspecified atom stereocenters. The molecule has 0 atom stereocenters. The summed E-state index contributed by atoms with van der Waals surface area (Å²) in [5, 5.41) is 0. The van der Waals surface area contributed by atoms with Gasteiger partial charge in [0.2, 0.25) is 0 Å². The van der Waals surface area contributed by atoms with Crippen LogP contribution in [0.2, 0.25) is 0 Å². The summed E-state index contributed by atoms with van der Waals surface area (Å²) in [6, 6.07) is 30.6. The van der Waals surface area contributed by atoms with Crippen molar-refractivity contribution in [3.63, 3.8) is 0 Å². The normalized spacial score (nSPS) is 11.3. The van der Waals surface area contributed by atoms with Crippen molar-refractivity contribution in [3.05, 3.63) is 89.4 Å². The molecule has 0 N–H and O–H groups in total. The molecular formula is C18H14BrISn. The standard InChI is InChI=1S/C6H4Br.2C6H5.HI.Sn/c7-6-4-2-1-3-5-6;2*1-2-4-6-5-3-1;;/h1-4H;2*1-5H;1H;/q;;;;+1/p-1. The Morgan fingerprint density at radius 1 is 0.619 bits per heavy atom. The molecule has 0 saturated carbocycles. The van der Waals surface area contributed by atoms with Crippen molar-refractivity contribution in [2.45, 2.75) is 0 Å². The van der Waals surface area contributed by atoms with Crippen LogP contribution in [0.4, 0.5) is 0 Å². The van der Waals surface area contributed by atoms with Gasteiger partial charge in [-0.3, -0.25) is 0 Å². The van der Waals surface area contributed by atoms with Gasteiger partial charge in [0.1, 0.15) is 0 Å². The van der Waals surface area contributed by atoms with Gasteiger partial charge in [-0.1, -0.05) is 0 Å². The summed E-state index contributed by atoms with van der Waals surface area (Å²) >= 11 is 3.64. The molecule has 0 bridgehead atoms. The fourth-order valence-corrected chi connectivity index (χ4v) is 23.9. The van der Waals surface area contributed by atoms with E-state index in [1.807, 2.05) is 0 Å². The van der Waals surface area contributed by atoms with Gasteiger partial charge in [0, 0.05) is 0 Å². The first-order valence-corrected chi connectivity index (χ1v) is 20.2. The molecule has 0 heterocycles. The minimum atomic E-state index is -2.92. The van der Waals surface area contributed by atoms with Crippen LogP contribution in [0, 0.1) is 0 Å². The van der Waals surface area contributed by atoms with Crippen molar-refractivity contribution < 1.29 is 0 Å². The Labute approximate surface area is 147 Å². The summed E-state index contributed by atoms with van der Waals surface area (Å²) in [5.41, 5.74) is 0. The van der Waals surface area contributed by atoms with Crippen molar-refractivity contribution in [1.29, 1.82) is 0 Å². The van der Waals surface area contributed by atoms with Crippen LogP contribution in [0.1, 0.15) is 0 Å². The Hall–Kier alpha value is -0.331. The molecule has 104 valence electrons. The van der Waals surface area contributed by atoms with E-state index < -0.39 is 14.4 Å². The molecule has 3 heteroatoms. The molecule has 21 heavy (non-hydrogen) atoms. The first-order valence-electron chi connectivity index (χ1n) is 6.78. The van der Waals surface area contributed by atoms with Gasteiger partial charge in [0.15, 0.2) is 0 Å². The van der Waals surface area contributed by atoms with Crippen molar-refractivity contribution in [1.82, 2.24) is 0 Å². The second-order valence-electron chi connectivity index (χ2n) is 4.87. The van der Waals surface area contributed by atoms with Gasteiger partial charge in [0.25, 0.3) is 0 Å². The molecule has 0 aliphatic carbocycles. The van der Waals surface area contributed by atoms with E-state index in [4.69, 9.17) is 0 Å². The summed E-state index contributed by atoms with van der Waals surface area (Å²) in [7, 11) is 0. The topological polar surface area (TPSA) is 0 Å². The number of hydrogen-bond acceptors (Lipinski definition) is 0. The number of rotatable bonds is 3. The molecule has 3 rings (SSSR count). The summed E-state index contributed by atoms with van der Waals surface area (Å²) in [6.07, 6.45) is 0. The molecule has 3 aromatic carbocycles. The molecule has 0 nitrogen and oxygen atoms in total. The average Bonchev–Trinajstić information content (AvgIpc) is 2.56. The van der Waals surface area contributed by atoms with E-state index in [0.717, 1.165) is 0 Å². The molecule has 0 saturated heterocycles. The van der Waals surface area contributed by atoms with Crippen molar-refractivity contribution in [2.75, 3.05) is 0 Å². The minimum absolute atomic E-state index is 1.22. The van der Waals surface area contributed by atoms with Crippen LogP contribution in [0.15, 0.2) is 89.4 Å². The van der Waals surface area contributed by atoms with Crippen LogP contribution in [-0.4, -0.2) is 14.4 Å². The van der Waals surface area contributed by atoms with Crippen LogP contribution in [0.5, 0.6) is 0 Å². The molecule has 0 aliphatic heterocycles. The third-order valence-electron chi connectivity index (χ3n) is 3.59. The molecular weight excluding hydrogens is 542 g/mol. The van der Waals surface area contributed by atoms with E-state index >= 15 is 0 Å². The fourth-order valence-electron chi connectivity index (χ4n) is 2.55. The Kier molecular flexibility index (Phi) is 5.06. The number of halogens is 2. The summed E-state index contributed by atoms with van der Waals surface area (Å²) < 4.78 is 5.68.